The monoisotopic (exact) mass is 454 g/mol. The van der Waals surface area contributed by atoms with Gasteiger partial charge in [-0.3, -0.25) is 4.98 Å². The Kier molecular flexibility index (Phi) is 6.01. The van der Waals surface area contributed by atoms with E-state index in [1.807, 2.05) is 7.05 Å². The number of pyridine rings is 1. The molecule has 2 aromatic rings. The summed E-state index contributed by atoms with van der Waals surface area (Å²) in [6, 6.07) is 3.08. The quantitative estimate of drug-likeness (QED) is 0.649. The number of nitrogens with one attached hydrogen (secondary N) is 1. The van der Waals surface area contributed by atoms with Crippen LogP contribution in [0.2, 0.25) is 0 Å². The molecule has 168 valence electrons. The maximum atomic E-state index is 13.2. The zero-order valence-corrected chi connectivity index (χ0v) is 17.9. The van der Waals surface area contributed by atoms with Gasteiger partial charge in [-0.25, -0.2) is 9.97 Å². The molecule has 0 radical (unpaired) electrons. The van der Waals surface area contributed by atoms with Crippen LogP contribution in [-0.2, 0) is 6.18 Å². The zero-order valence-electron chi connectivity index (χ0n) is 17.1. The molecule has 4 N–H and O–H groups in total. The average Bonchev–Trinajstić information content (AvgIpc) is 3.04. The highest BCUT2D eigenvalue weighted by atomic mass is 32.2. The predicted molar refractivity (Wildman–Crippen MR) is 112 cm³/mol. The molecule has 2 unspecified atom stereocenters. The van der Waals surface area contributed by atoms with Crippen LogP contribution in [0, 0.1) is 5.41 Å². The summed E-state index contributed by atoms with van der Waals surface area (Å²) >= 11 is 0.806. The highest BCUT2D eigenvalue weighted by Gasteiger charge is 2.47. The van der Waals surface area contributed by atoms with Gasteiger partial charge >= 0.3 is 6.18 Å². The Morgan fingerprint density at radius 2 is 2.03 bits per heavy atom. The maximum absolute atomic E-state index is 13.2. The van der Waals surface area contributed by atoms with E-state index in [9.17, 15) is 18.3 Å². The van der Waals surface area contributed by atoms with E-state index in [1.54, 1.807) is 6.20 Å². The normalized spacial score (nSPS) is 23.5. The standard InChI is InChI=1S/C20H25F3N6OS/c1-25-14-9-12(30)10-19(14)4-7-29(8-5-19)15-11-27-18(17(24)28-15)31-13-3-2-6-26-16(13)20(21,22)23/h2-3,6,11-12,14,25,30H,4-5,7-10H2,1H3,(H2,24,28). The molecule has 3 heterocycles. The van der Waals surface area contributed by atoms with Gasteiger partial charge in [0.1, 0.15) is 10.8 Å². The Labute approximate surface area is 182 Å². The molecule has 0 aromatic carbocycles. The number of halogens is 3. The van der Waals surface area contributed by atoms with Crippen LogP contribution in [0.4, 0.5) is 24.8 Å². The molecule has 2 aromatic heterocycles. The molecule has 11 heteroatoms. The molecule has 1 aliphatic heterocycles. The summed E-state index contributed by atoms with van der Waals surface area (Å²) in [5.74, 6) is 0.697. The predicted octanol–water partition coefficient (Wildman–Crippen LogP) is 2.95. The number of nitrogen functional groups attached to an aromatic ring is 1. The van der Waals surface area contributed by atoms with Crippen LogP contribution in [0.15, 0.2) is 34.4 Å². The van der Waals surface area contributed by atoms with Crippen molar-refractivity contribution in [2.45, 2.75) is 53.9 Å². The third-order valence-corrected chi connectivity index (χ3v) is 7.38. The second-order valence-corrected chi connectivity index (χ2v) is 9.18. The first-order valence-electron chi connectivity index (χ1n) is 10.1. The van der Waals surface area contributed by atoms with E-state index in [-0.39, 0.29) is 27.3 Å². The summed E-state index contributed by atoms with van der Waals surface area (Å²) in [5, 5.41) is 13.7. The molecule has 0 amide bonds. The van der Waals surface area contributed by atoms with E-state index in [1.165, 1.54) is 12.1 Å². The number of nitrogens with two attached hydrogens (primary N) is 1. The number of nitrogens with zero attached hydrogens (tertiary/aromatic N) is 4. The lowest BCUT2D eigenvalue weighted by Crippen LogP contribution is -2.48. The summed E-state index contributed by atoms with van der Waals surface area (Å²) in [6.45, 7) is 1.51. The van der Waals surface area contributed by atoms with E-state index in [0.717, 1.165) is 56.7 Å². The fourth-order valence-corrected chi connectivity index (χ4v) is 5.65. The molecule has 31 heavy (non-hydrogen) atoms. The lowest BCUT2D eigenvalue weighted by Gasteiger charge is -2.43. The molecule has 1 spiro atoms. The van der Waals surface area contributed by atoms with Gasteiger partial charge in [0.15, 0.2) is 11.5 Å². The summed E-state index contributed by atoms with van der Waals surface area (Å²) in [7, 11) is 1.94. The third-order valence-electron chi connectivity index (χ3n) is 6.32. The minimum absolute atomic E-state index is 0.0680. The summed E-state index contributed by atoms with van der Waals surface area (Å²) in [5.41, 5.74) is 5.16. The lowest BCUT2D eigenvalue weighted by atomic mass is 9.74. The lowest BCUT2D eigenvalue weighted by molar-refractivity contribution is -0.143. The number of rotatable bonds is 4. The van der Waals surface area contributed by atoms with Gasteiger partial charge in [0.05, 0.1) is 12.3 Å². The first-order valence-corrected chi connectivity index (χ1v) is 11.0. The molecule has 2 fully saturated rings. The third kappa shape index (κ3) is 4.44. The van der Waals surface area contributed by atoms with Crippen molar-refractivity contribution in [1.82, 2.24) is 20.3 Å². The van der Waals surface area contributed by atoms with Crippen LogP contribution < -0.4 is 16.0 Å². The molecule has 7 nitrogen and oxygen atoms in total. The van der Waals surface area contributed by atoms with E-state index in [0.29, 0.717) is 11.9 Å². The number of aromatic nitrogens is 3. The topological polar surface area (TPSA) is 100 Å². The number of piperidine rings is 1. The fourth-order valence-electron chi connectivity index (χ4n) is 4.78. The summed E-state index contributed by atoms with van der Waals surface area (Å²) in [6.07, 6.45) is 1.22. The summed E-state index contributed by atoms with van der Waals surface area (Å²) in [4.78, 5) is 14.2. The van der Waals surface area contributed by atoms with Crippen LogP contribution in [0.25, 0.3) is 0 Å². The number of aliphatic hydroxyl groups excluding tert-OH is 1. The fraction of sp³-hybridized carbons (Fsp3) is 0.550. The SMILES string of the molecule is CNC1CC(O)CC12CCN(c1cnc(Sc3cccnc3C(F)(F)F)c(N)n1)CC2. The zero-order chi connectivity index (χ0) is 22.2. The number of alkyl halides is 3. The average molecular weight is 455 g/mol. The van der Waals surface area contributed by atoms with Gasteiger partial charge in [-0.05, 0) is 50.3 Å². The van der Waals surface area contributed by atoms with Crippen molar-refractivity contribution in [3.63, 3.8) is 0 Å². The van der Waals surface area contributed by atoms with Gasteiger partial charge in [-0.2, -0.15) is 13.2 Å². The van der Waals surface area contributed by atoms with Crippen LogP contribution in [-0.4, -0.2) is 52.3 Å². The van der Waals surface area contributed by atoms with Gasteiger partial charge in [0, 0.05) is 30.2 Å². The van der Waals surface area contributed by atoms with Gasteiger partial charge in [0.25, 0.3) is 0 Å². The molecule has 1 aliphatic carbocycles. The van der Waals surface area contributed by atoms with Gasteiger partial charge in [-0.1, -0.05) is 11.8 Å². The number of hydrogen-bond acceptors (Lipinski definition) is 8. The van der Waals surface area contributed by atoms with E-state index in [2.05, 4.69) is 25.2 Å². The van der Waals surface area contributed by atoms with Crippen molar-refractivity contribution in [2.75, 3.05) is 30.8 Å². The van der Waals surface area contributed by atoms with E-state index in [4.69, 9.17) is 5.73 Å². The van der Waals surface area contributed by atoms with Crippen molar-refractivity contribution >= 4 is 23.4 Å². The number of hydrogen-bond donors (Lipinski definition) is 3. The second kappa shape index (κ2) is 8.44. The van der Waals surface area contributed by atoms with Crippen LogP contribution >= 0.6 is 11.8 Å². The van der Waals surface area contributed by atoms with Crippen molar-refractivity contribution in [3.8, 4) is 0 Å². The Bertz CT molecular complexity index is 935. The highest BCUT2D eigenvalue weighted by molar-refractivity contribution is 7.99. The summed E-state index contributed by atoms with van der Waals surface area (Å²) < 4.78 is 39.6. The van der Waals surface area contributed by atoms with Gasteiger partial charge in [0.2, 0.25) is 0 Å². The van der Waals surface area contributed by atoms with E-state index < -0.39 is 11.9 Å². The Hall–Kier alpha value is -2.11. The van der Waals surface area contributed by atoms with Crippen molar-refractivity contribution in [1.29, 1.82) is 0 Å². The van der Waals surface area contributed by atoms with Crippen LogP contribution in [0.5, 0.6) is 0 Å². The molecule has 2 atom stereocenters. The van der Waals surface area contributed by atoms with Crippen LogP contribution in [0.1, 0.15) is 31.4 Å². The Balaban J connectivity index is 1.47. The maximum Gasteiger partial charge on any atom is 0.434 e. The molecule has 2 aliphatic rings. The molecular weight excluding hydrogens is 429 g/mol. The van der Waals surface area contributed by atoms with Crippen molar-refractivity contribution < 1.29 is 18.3 Å². The molecule has 1 saturated carbocycles. The number of aliphatic hydroxyl groups is 1. The van der Waals surface area contributed by atoms with Crippen LogP contribution in [0.3, 0.4) is 0 Å². The Morgan fingerprint density at radius 3 is 2.68 bits per heavy atom. The smallest absolute Gasteiger partial charge is 0.393 e. The first-order chi connectivity index (χ1) is 14.7. The van der Waals surface area contributed by atoms with Gasteiger partial charge in [-0.15, -0.1) is 0 Å². The van der Waals surface area contributed by atoms with Crippen molar-refractivity contribution in [2.24, 2.45) is 5.41 Å². The largest absolute Gasteiger partial charge is 0.434 e. The number of anilines is 2. The molecular formula is C20H25F3N6OS. The van der Waals surface area contributed by atoms with E-state index >= 15 is 0 Å². The Morgan fingerprint density at radius 1 is 1.29 bits per heavy atom. The van der Waals surface area contributed by atoms with Crippen molar-refractivity contribution in [3.05, 3.63) is 30.2 Å². The molecule has 0 bridgehead atoms. The van der Waals surface area contributed by atoms with Gasteiger partial charge < -0.3 is 21.1 Å². The molecule has 1 saturated heterocycles. The second-order valence-electron chi connectivity index (χ2n) is 8.15. The first kappa shape index (κ1) is 22.1. The minimum Gasteiger partial charge on any atom is -0.393 e. The minimum atomic E-state index is -4.56. The highest BCUT2D eigenvalue weighted by Crippen LogP contribution is 2.47. The molecule has 4 rings (SSSR count).